The van der Waals surface area contributed by atoms with Gasteiger partial charge in [-0.3, -0.25) is 9.36 Å². The molecule has 2 aromatic rings. The van der Waals surface area contributed by atoms with Gasteiger partial charge in [-0.2, -0.15) is 0 Å². The van der Waals surface area contributed by atoms with Crippen molar-refractivity contribution in [3.8, 4) is 0 Å². The Balaban J connectivity index is 2.41. The molecule has 78 valence electrons. The van der Waals surface area contributed by atoms with E-state index in [4.69, 9.17) is 11.6 Å². The molecule has 15 heavy (non-hydrogen) atoms. The number of halogens is 1. The normalized spacial score (nSPS) is 10.5. The largest absolute Gasteiger partial charge is 0.291 e. The van der Waals surface area contributed by atoms with E-state index in [1.807, 2.05) is 0 Å². The number of aryl methyl sites for hydroxylation is 1. The molecule has 0 bridgehead atoms. The Bertz CT molecular complexity index is 522. The highest BCUT2D eigenvalue weighted by molar-refractivity contribution is 7.05. The van der Waals surface area contributed by atoms with Gasteiger partial charge < -0.3 is 0 Å². The van der Waals surface area contributed by atoms with Crippen molar-refractivity contribution in [2.45, 2.75) is 13.5 Å². The number of hydrogen-bond donors (Lipinski definition) is 0. The van der Waals surface area contributed by atoms with Gasteiger partial charge in [0.15, 0.2) is 0 Å². The maximum absolute atomic E-state index is 11.6. The lowest BCUT2D eigenvalue weighted by Gasteiger charge is -2.06. The van der Waals surface area contributed by atoms with E-state index >= 15 is 0 Å². The Morgan fingerprint density at radius 1 is 1.60 bits per heavy atom. The van der Waals surface area contributed by atoms with Crippen LogP contribution in [0.3, 0.4) is 0 Å². The van der Waals surface area contributed by atoms with Crippen LogP contribution in [0.1, 0.15) is 10.7 Å². The van der Waals surface area contributed by atoms with Crippen LogP contribution >= 0.6 is 23.1 Å². The Labute approximate surface area is 94.5 Å². The van der Waals surface area contributed by atoms with Gasteiger partial charge >= 0.3 is 0 Å². The predicted molar refractivity (Wildman–Crippen MR) is 57.3 cm³/mol. The first kappa shape index (κ1) is 10.3. The minimum Gasteiger partial charge on any atom is -0.291 e. The van der Waals surface area contributed by atoms with Crippen LogP contribution in [0.2, 0.25) is 5.15 Å². The number of rotatable bonds is 2. The van der Waals surface area contributed by atoms with E-state index in [9.17, 15) is 4.79 Å². The summed E-state index contributed by atoms with van der Waals surface area (Å²) in [6, 6.07) is 1.29. The molecule has 2 heterocycles. The molecular formula is C8H7ClN4OS. The molecule has 0 radical (unpaired) electrons. The molecule has 2 aromatic heterocycles. The lowest BCUT2D eigenvalue weighted by atomic mass is 10.4. The van der Waals surface area contributed by atoms with E-state index in [1.165, 1.54) is 22.2 Å². The fourth-order valence-electron chi connectivity index (χ4n) is 1.19. The second-order valence-corrected chi connectivity index (χ2v) is 4.19. The van der Waals surface area contributed by atoms with E-state index in [0.717, 1.165) is 4.88 Å². The summed E-state index contributed by atoms with van der Waals surface area (Å²) < 4.78 is 5.25. The molecule has 0 aromatic carbocycles. The van der Waals surface area contributed by atoms with Crippen molar-refractivity contribution in [3.63, 3.8) is 0 Å². The van der Waals surface area contributed by atoms with Crippen molar-refractivity contribution < 1.29 is 0 Å². The van der Waals surface area contributed by atoms with Gasteiger partial charge in [0.1, 0.15) is 11.0 Å². The third kappa shape index (κ3) is 2.21. The fraction of sp³-hybridized carbons (Fsp3) is 0.250. The number of hydrogen-bond acceptors (Lipinski definition) is 5. The van der Waals surface area contributed by atoms with Gasteiger partial charge in [-0.1, -0.05) is 16.1 Å². The van der Waals surface area contributed by atoms with Gasteiger partial charge in [0.25, 0.3) is 5.56 Å². The first-order valence-electron chi connectivity index (χ1n) is 4.17. The first-order valence-corrected chi connectivity index (χ1v) is 5.32. The fourth-order valence-corrected chi connectivity index (χ4v) is 1.89. The molecule has 0 aliphatic heterocycles. The summed E-state index contributed by atoms with van der Waals surface area (Å²) in [5.74, 6) is 0.584. The van der Waals surface area contributed by atoms with Crippen LogP contribution in [0.5, 0.6) is 0 Å². The third-order valence-electron chi connectivity index (χ3n) is 1.89. The molecule has 0 unspecified atom stereocenters. The quantitative estimate of drug-likeness (QED) is 0.740. The molecule has 7 heteroatoms. The van der Waals surface area contributed by atoms with Crippen molar-refractivity contribution in [2.24, 2.45) is 0 Å². The SMILES string of the molecule is Cc1nc(Cl)cc(=O)n1Cc1cnns1. The minimum atomic E-state index is -0.166. The predicted octanol–water partition coefficient (Wildman–Crippen LogP) is 1.10. The highest BCUT2D eigenvalue weighted by atomic mass is 35.5. The monoisotopic (exact) mass is 242 g/mol. The molecule has 0 atom stereocenters. The molecule has 0 amide bonds. The van der Waals surface area contributed by atoms with Crippen LogP contribution in [0, 0.1) is 6.92 Å². The molecule has 0 fully saturated rings. The van der Waals surface area contributed by atoms with Crippen molar-refractivity contribution in [1.29, 1.82) is 0 Å². The van der Waals surface area contributed by atoms with Gasteiger partial charge in [-0.05, 0) is 18.5 Å². The second-order valence-electron chi connectivity index (χ2n) is 2.93. The second kappa shape index (κ2) is 4.08. The topological polar surface area (TPSA) is 60.7 Å². The Kier molecular flexibility index (Phi) is 2.79. The van der Waals surface area contributed by atoms with Gasteiger partial charge in [0, 0.05) is 6.07 Å². The molecule has 0 saturated heterocycles. The third-order valence-corrected chi connectivity index (χ3v) is 2.73. The van der Waals surface area contributed by atoms with Crippen LogP contribution in [-0.4, -0.2) is 19.1 Å². The molecule has 5 nitrogen and oxygen atoms in total. The van der Waals surface area contributed by atoms with Crippen LogP contribution < -0.4 is 5.56 Å². The molecular weight excluding hydrogens is 236 g/mol. The van der Waals surface area contributed by atoms with E-state index in [2.05, 4.69) is 14.6 Å². The lowest BCUT2D eigenvalue weighted by Crippen LogP contribution is -2.23. The summed E-state index contributed by atoms with van der Waals surface area (Å²) in [6.45, 7) is 2.17. The first-order chi connectivity index (χ1) is 7.16. The molecule has 0 saturated carbocycles. The molecule has 0 spiro atoms. The summed E-state index contributed by atoms with van der Waals surface area (Å²) >= 11 is 6.92. The number of nitrogens with zero attached hydrogens (tertiary/aromatic N) is 4. The van der Waals surface area contributed by atoms with Crippen molar-refractivity contribution in [2.75, 3.05) is 0 Å². The van der Waals surface area contributed by atoms with Crippen molar-refractivity contribution >= 4 is 23.1 Å². The Morgan fingerprint density at radius 3 is 3.00 bits per heavy atom. The molecule has 0 aliphatic carbocycles. The Hall–Kier alpha value is -1.27. The highest BCUT2D eigenvalue weighted by Gasteiger charge is 2.05. The zero-order valence-corrected chi connectivity index (χ0v) is 9.42. The smallest absolute Gasteiger partial charge is 0.255 e. The lowest BCUT2D eigenvalue weighted by molar-refractivity contribution is 0.707. The van der Waals surface area contributed by atoms with E-state index in [-0.39, 0.29) is 10.7 Å². The number of aromatic nitrogens is 4. The van der Waals surface area contributed by atoms with Crippen molar-refractivity contribution in [3.05, 3.63) is 38.5 Å². The molecule has 2 rings (SSSR count). The van der Waals surface area contributed by atoms with Crippen molar-refractivity contribution in [1.82, 2.24) is 19.1 Å². The molecule has 0 N–H and O–H groups in total. The van der Waals surface area contributed by atoms with Gasteiger partial charge in [0.2, 0.25) is 0 Å². The summed E-state index contributed by atoms with van der Waals surface area (Å²) in [7, 11) is 0. The van der Waals surface area contributed by atoms with Gasteiger partial charge in [-0.15, -0.1) is 5.10 Å². The zero-order chi connectivity index (χ0) is 10.8. The zero-order valence-electron chi connectivity index (χ0n) is 7.85. The summed E-state index contributed by atoms with van der Waals surface area (Å²) in [5.41, 5.74) is -0.166. The van der Waals surface area contributed by atoms with Crippen LogP contribution in [0.25, 0.3) is 0 Å². The summed E-state index contributed by atoms with van der Waals surface area (Å²) in [6.07, 6.45) is 1.63. The average molecular weight is 243 g/mol. The van der Waals surface area contributed by atoms with E-state index < -0.39 is 0 Å². The minimum absolute atomic E-state index is 0.166. The summed E-state index contributed by atoms with van der Waals surface area (Å²) in [4.78, 5) is 16.5. The van der Waals surface area contributed by atoms with E-state index in [1.54, 1.807) is 13.1 Å². The average Bonchev–Trinajstić information content (AvgIpc) is 2.63. The maximum Gasteiger partial charge on any atom is 0.255 e. The van der Waals surface area contributed by atoms with Crippen LogP contribution in [-0.2, 0) is 6.54 Å². The molecule has 0 aliphatic rings. The van der Waals surface area contributed by atoms with Gasteiger partial charge in [-0.25, -0.2) is 4.98 Å². The van der Waals surface area contributed by atoms with Crippen LogP contribution in [0.4, 0.5) is 0 Å². The standard InChI is InChI=1S/C8H7ClN4OS/c1-5-11-7(9)2-8(14)13(5)4-6-3-10-12-15-6/h2-3H,4H2,1H3. The Morgan fingerprint density at radius 2 is 2.40 bits per heavy atom. The summed E-state index contributed by atoms with van der Waals surface area (Å²) in [5, 5.41) is 3.92. The van der Waals surface area contributed by atoms with Crippen LogP contribution in [0.15, 0.2) is 17.1 Å². The maximum atomic E-state index is 11.6. The van der Waals surface area contributed by atoms with E-state index in [0.29, 0.717) is 12.4 Å². The van der Waals surface area contributed by atoms with Gasteiger partial charge in [0.05, 0.1) is 17.6 Å². The highest BCUT2D eigenvalue weighted by Crippen LogP contribution is 2.06.